The summed E-state index contributed by atoms with van der Waals surface area (Å²) in [7, 11) is 0. The first-order valence-corrected chi connectivity index (χ1v) is 10.5. The number of carbonyl (C=O) groups excluding carboxylic acids is 2. The van der Waals surface area contributed by atoms with Crippen molar-refractivity contribution in [1.29, 1.82) is 0 Å². The van der Waals surface area contributed by atoms with E-state index in [4.69, 9.17) is 0 Å². The number of hydrogen-bond donors (Lipinski definition) is 2. The second-order valence-electron chi connectivity index (χ2n) is 7.27. The number of likely N-dealkylation sites (tertiary alicyclic amines) is 1. The van der Waals surface area contributed by atoms with Crippen LogP contribution in [0.25, 0.3) is 10.2 Å². The summed E-state index contributed by atoms with van der Waals surface area (Å²) in [5.41, 5.74) is 1.07. The second-order valence-corrected chi connectivity index (χ2v) is 8.35. The summed E-state index contributed by atoms with van der Waals surface area (Å²) in [5.74, 6) is 0.306. The topological polar surface area (TPSA) is 95.2 Å². The summed E-state index contributed by atoms with van der Waals surface area (Å²) >= 11 is 1.61. The number of rotatable bonds is 5. The van der Waals surface area contributed by atoms with Gasteiger partial charge in [-0.15, -0.1) is 11.3 Å². The Morgan fingerprint density at radius 3 is 2.74 bits per heavy atom. The molecular weight excluding hydrogens is 364 g/mol. The van der Waals surface area contributed by atoms with Crippen LogP contribution in [-0.4, -0.2) is 46.3 Å². The smallest absolute Gasteiger partial charge is 0.259 e. The van der Waals surface area contributed by atoms with Gasteiger partial charge in [-0.25, -0.2) is 4.98 Å². The number of aromatic amines is 1. The number of thiophene rings is 1. The molecule has 2 N–H and O–H groups in total. The number of fused-ring (bicyclic) bond motifs is 3. The van der Waals surface area contributed by atoms with Crippen LogP contribution in [0.5, 0.6) is 0 Å². The summed E-state index contributed by atoms with van der Waals surface area (Å²) < 4.78 is 0. The van der Waals surface area contributed by atoms with E-state index in [9.17, 15) is 14.4 Å². The van der Waals surface area contributed by atoms with Crippen molar-refractivity contribution in [1.82, 2.24) is 20.2 Å². The van der Waals surface area contributed by atoms with Crippen molar-refractivity contribution in [3.63, 3.8) is 0 Å². The van der Waals surface area contributed by atoms with Gasteiger partial charge in [0.1, 0.15) is 10.7 Å². The maximum absolute atomic E-state index is 12.5. The van der Waals surface area contributed by atoms with Crippen molar-refractivity contribution in [2.75, 3.05) is 19.6 Å². The molecule has 1 fully saturated rings. The molecule has 3 heterocycles. The molecule has 0 aromatic carbocycles. The lowest BCUT2D eigenvalue weighted by molar-refractivity contribution is -0.132. The fourth-order valence-electron chi connectivity index (χ4n) is 3.90. The van der Waals surface area contributed by atoms with Gasteiger partial charge >= 0.3 is 0 Å². The molecule has 0 spiro atoms. The summed E-state index contributed by atoms with van der Waals surface area (Å²) in [6, 6.07) is 0. The van der Waals surface area contributed by atoms with Crippen LogP contribution >= 0.6 is 11.3 Å². The van der Waals surface area contributed by atoms with E-state index >= 15 is 0 Å². The van der Waals surface area contributed by atoms with Gasteiger partial charge in [0.15, 0.2) is 0 Å². The van der Waals surface area contributed by atoms with Gasteiger partial charge in [0.25, 0.3) is 5.56 Å². The molecule has 7 nitrogen and oxygen atoms in total. The maximum Gasteiger partial charge on any atom is 0.259 e. The number of H-pyrrole nitrogens is 1. The van der Waals surface area contributed by atoms with Crippen molar-refractivity contribution in [2.45, 2.75) is 51.4 Å². The van der Waals surface area contributed by atoms with Gasteiger partial charge in [-0.3, -0.25) is 14.4 Å². The predicted molar refractivity (Wildman–Crippen MR) is 104 cm³/mol. The lowest BCUT2D eigenvalue weighted by atomic mass is 9.97. The standard InChI is InChI=1S/C19H24N4O3S/c24-15(20-11-16(25)23-9-3-4-10-23)8-7-14-21-18(26)17-12-5-1-2-6-13(12)27-19(17)22-14/h1-11H2,(H,20,24)(H,21,22,26). The lowest BCUT2D eigenvalue weighted by Gasteiger charge is -2.15. The van der Waals surface area contributed by atoms with Crippen LogP contribution in [0.3, 0.4) is 0 Å². The summed E-state index contributed by atoms with van der Waals surface area (Å²) in [5, 5.41) is 3.41. The molecule has 0 atom stereocenters. The third kappa shape index (κ3) is 3.90. The monoisotopic (exact) mass is 388 g/mol. The SMILES string of the molecule is O=C(CCc1nc2sc3c(c2c(=O)[nH]1)CCCC3)NCC(=O)N1CCCC1. The third-order valence-electron chi connectivity index (χ3n) is 5.36. The number of nitrogens with one attached hydrogen (secondary N) is 2. The molecule has 1 saturated heterocycles. The first-order valence-electron chi connectivity index (χ1n) is 9.70. The molecule has 8 heteroatoms. The molecule has 1 aliphatic heterocycles. The highest BCUT2D eigenvalue weighted by atomic mass is 32.1. The average Bonchev–Trinajstić information content (AvgIpc) is 3.32. The fourth-order valence-corrected chi connectivity index (χ4v) is 5.18. The molecule has 2 aromatic heterocycles. The Labute approximate surface area is 161 Å². The van der Waals surface area contributed by atoms with Crippen LogP contribution in [0.15, 0.2) is 4.79 Å². The van der Waals surface area contributed by atoms with Gasteiger partial charge in [0.2, 0.25) is 11.8 Å². The molecule has 2 aliphatic rings. The van der Waals surface area contributed by atoms with Gasteiger partial charge in [0, 0.05) is 30.8 Å². The van der Waals surface area contributed by atoms with E-state index in [-0.39, 0.29) is 30.3 Å². The van der Waals surface area contributed by atoms with Gasteiger partial charge in [-0.1, -0.05) is 0 Å². The molecular formula is C19H24N4O3S. The molecule has 2 aromatic rings. The quantitative estimate of drug-likeness (QED) is 0.812. The van der Waals surface area contributed by atoms with E-state index in [2.05, 4.69) is 15.3 Å². The molecule has 4 rings (SSSR count). The molecule has 0 unspecified atom stereocenters. The first kappa shape index (κ1) is 18.2. The Hall–Kier alpha value is -2.22. The number of nitrogens with zero attached hydrogens (tertiary/aromatic N) is 2. The van der Waals surface area contributed by atoms with E-state index < -0.39 is 0 Å². The van der Waals surface area contributed by atoms with Crippen molar-refractivity contribution >= 4 is 33.4 Å². The Morgan fingerprint density at radius 1 is 1.15 bits per heavy atom. The second kappa shape index (κ2) is 7.80. The first-order chi connectivity index (χ1) is 13.1. The van der Waals surface area contributed by atoms with Crippen molar-refractivity contribution in [3.8, 4) is 0 Å². The Bertz CT molecular complexity index is 927. The highest BCUT2D eigenvalue weighted by Crippen LogP contribution is 2.33. The molecule has 2 amide bonds. The Balaban J connectivity index is 1.36. The molecule has 144 valence electrons. The lowest BCUT2D eigenvalue weighted by Crippen LogP contribution is -2.38. The van der Waals surface area contributed by atoms with Gasteiger partial charge in [0.05, 0.1) is 11.9 Å². The number of amides is 2. The van der Waals surface area contributed by atoms with Crippen LogP contribution in [0.2, 0.25) is 0 Å². The predicted octanol–water partition coefficient (Wildman–Crippen LogP) is 1.53. The van der Waals surface area contributed by atoms with E-state index in [1.165, 1.54) is 16.9 Å². The number of hydrogen-bond acceptors (Lipinski definition) is 5. The minimum atomic E-state index is -0.198. The minimum absolute atomic E-state index is 0.0297. The molecule has 0 radical (unpaired) electrons. The summed E-state index contributed by atoms with van der Waals surface area (Å²) in [4.78, 5) is 47.8. The molecule has 1 aliphatic carbocycles. The molecule has 0 saturated carbocycles. The van der Waals surface area contributed by atoms with Gasteiger partial charge in [-0.05, 0) is 44.1 Å². The largest absolute Gasteiger partial charge is 0.347 e. The Morgan fingerprint density at radius 2 is 1.93 bits per heavy atom. The maximum atomic E-state index is 12.5. The summed E-state index contributed by atoms with van der Waals surface area (Å²) in [6.45, 7) is 1.61. The van der Waals surface area contributed by atoms with Crippen LogP contribution in [0, 0.1) is 0 Å². The zero-order valence-electron chi connectivity index (χ0n) is 15.3. The molecule has 0 bridgehead atoms. The number of carbonyl (C=O) groups is 2. The van der Waals surface area contributed by atoms with Crippen LogP contribution in [-0.2, 0) is 28.9 Å². The number of aryl methyl sites for hydroxylation is 3. The highest BCUT2D eigenvalue weighted by molar-refractivity contribution is 7.18. The van der Waals surface area contributed by atoms with E-state index in [0.717, 1.165) is 55.4 Å². The van der Waals surface area contributed by atoms with Crippen molar-refractivity contribution in [3.05, 3.63) is 26.6 Å². The van der Waals surface area contributed by atoms with Gasteiger partial charge in [-0.2, -0.15) is 0 Å². The van der Waals surface area contributed by atoms with E-state index in [1.807, 2.05) is 0 Å². The Kier molecular flexibility index (Phi) is 5.24. The normalized spacial score (nSPS) is 16.5. The zero-order valence-corrected chi connectivity index (χ0v) is 16.1. The number of aromatic nitrogens is 2. The zero-order chi connectivity index (χ0) is 18.8. The fraction of sp³-hybridized carbons (Fsp3) is 0.579. The van der Waals surface area contributed by atoms with Crippen LogP contribution in [0.4, 0.5) is 0 Å². The average molecular weight is 388 g/mol. The van der Waals surface area contributed by atoms with Gasteiger partial charge < -0.3 is 15.2 Å². The van der Waals surface area contributed by atoms with Crippen LogP contribution < -0.4 is 10.9 Å². The molecule has 27 heavy (non-hydrogen) atoms. The van der Waals surface area contributed by atoms with Crippen molar-refractivity contribution in [2.24, 2.45) is 0 Å². The summed E-state index contributed by atoms with van der Waals surface area (Å²) in [6.07, 6.45) is 6.90. The minimum Gasteiger partial charge on any atom is -0.347 e. The van der Waals surface area contributed by atoms with E-state index in [1.54, 1.807) is 16.2 Å². The van der Waals surface area contributed by atoms with Crippen LogP contribution in [0.1, 0.15) is 48.4 Å². The van der Waals surface area contributed by atoms with Crippen molar-refractivity contribution < 1.29 is 9.59 Å². The highest BCUT2D eigenvalue weighted by Gasteiger charge is 2.20. The van der Waals surface area contributed by atoms with E-state index in [0.29, 0.717) is 12.2 Å². The third-order valence-corrected chi connectivity index (χ3v) is 6.54.